The quantitative estimate of drug-likeness (QED) is 0.867. The minimum atomic E-state index is 1.06. The number of hydrogen-bond acceptors (Lipinski definition) is 3. The Morgan fingerprint density at radius 2 is 1.55 bits per heavy atom. The van der Waals surface area contributed by atoms with Crippen LogP contribution in [0.25, 0.3) is 11.0 Å². The summed E-state index contributed by atoms with van der Waals surface area (Å²) in [6.45, 7) is 7.07. The zero-order valence-corrected chi connectivity index (χ0v) is 13.4. The van der Waals surface area contributed by atoms with Crippen molar-refractivity contribution in [1.82, 2.24) is 14.5 Å². The van der Waals surface area contributed by atoms with Crippen molar-refractivity contribution in [1.29, 1.82) is 0 Å². The Balaban J connectivity index is 1.60. The van der Waals surface area contributed by atoms with Gasteiger partial charge in [0.05, 0.1) is 11.0 Å². The number of likely N-dealkylation sites (tertiary alicyclic amines) is 1. The van der Waals surface area contributed by atoms with E-state index < -0.39 is 0 Å². The van der Waals surface area contributed by atoms with Gasteiger partial charge < -0.3 is 14.4 Å². The third-order valence-corrected chi connectivity index (χ3v) is 5.11. The first-order valence-corrected chi connectivity index (χ1v) is 8.84. The van der Waals surface area contributed by atoms with E-state index in [0.29, 0.717) is 0 Å². The van der Waals surface area contributed by atoms with Crippen molar-refractivity contribution >= 4 is 17.0 Å². The molecule has 2 fully saturated rings. The van der Waals surface area contributed by atoms with Crippen molar-refractivity contribution in [2.75, 3.05) is 37.6 Å². The molecular weight excluding hydrogens is 272 g/mol. The molecular formula is C18H26N4. The number of piperidine rings is 1. The predicted octanol–water partition coefficient (Wildman–Crippen LogP) is 3.12. The van der Waals surface area contributed by atoms with E-state index in [-0.39, 0.29) is 0 Å². The molecule has 2 saturated heterocycles. The summed E-state index contributed by atoms with van der Waals surface area (Å²) in [5.41, 5.74) is 2.43. The minimum Gasteiger partial charge on any atom is -0.342 e. The molecule has 0 atom stereocenters. The molecule has 2 aliphatic rings. The molecule has 2 aliphatic heterocycles. The van der Waals surface area contributed by atoms with E-state index in [0.717, 1.165) is 31.7 Å². The SMILES string of the molecule is c1ccc2c(c1)nc(N1CCCC1)n2CCN1CCCCC1. The van der Waals surface area contributed by atoms with Gasteiger partial charge in [0.2, 0.25) is 5.95 Å². The fourth-order valence-corrected chi connectivity index (χ4v) is 3.87. The molecule has 1 aromatic carbocycles. The van der Waals surface area contributed by atoms with Crippen LogP contribution in [0.3, 0.4) is 0 Å². The average Bonchev–Trinajstić information content (AvgIpc) is 3.21. The first kappa shape index (κ1) is 14.1. The second kappa shape index (κ2) is 6.29. The number of fused-ring (bicyclic) bond motifs is 1. The highest BCUT2D eigenvalue weighted by Crippen LogP contribution is 2.25. The maximum absolute atomic E-state index is 4.93. The lowest BCUT2D eigenvalue weighted by Crippen LogP contribution is -2.33. The molecule has 0 amide bonds. The van der Waals surface area contributed by atoms with Gasteiger partial charge in [0.25, 0.3) is 0 Å². The summed E-state index contributed by atoms with van der Waals surface area (Å²) in [6, 6.07) is 8.59. The summed E-state index contributed by atoms with van der Waals surface area (Å²) in [6.07, 6.45) is 6.74. The van der Waals surface area contributed by atoms with E-state index >= 15 is 0 Å². The van der Waals surface area contributed by atoms with Gasteiger partial charge in [-0.25, -0.2) is 4.98 Å². The zero-order chi connectivity index (χ0) is 14.8. The number of para-hydroxylation sites is 2. The summed E-state index contributed by atoms with van der Waals surface area (Å²) < 4.78 is 2.45. The topological polar surface area (TPSA) is 24.3 Å². The van der Waals surface area contributed by atoms with Crippen molar-refractivity contribution in [3.05, 3.63) is 24.3 Å². The van der Waals surface area contributed by atoms with E-state index in [9.17, 15) is 0 Å². The first-order chi connectivity index (χ1) is 10.9. The number of nitrogens with zero attached hydrogens (tertiary/aromatic N) is 4. The standard InChI is InChI=1S/C18H26N4/c1-4-10-20(11-5-1)14-15-22-17-9-3-2-8-16(17)19-18(22)21-12-6-7-13-21/h2-3,8-9H,1,4-7,10-15H2. The predicted molar refractivity (Wildman–Crippen MR) is 91.5 cm³/mol. The number of imidazole rings is 1. The fraction of sp³-hybridized carbons (Fsp3) is 0.611. The molecule has 0 radical (unpaired) electrons. The van der Waals surface area contributed by atoms with E-state index in [1.165, 1.54) is 56.7 Å². The third kappa shape index (κ3) is 2.72. The van der Waals surface area contributed by atoms with Gasteiger partial charge in [-0.3, -0.25) is 0 Å². The second-order valence-electron chi connectivity index (χ2n) is 6.65. The van der Waals surface area contributed by atoms with Gasteiger partial charge in [-0.2, -0.15) is 0 Å². The molecule has 22 heavy (non-hydrogen) atoms. The van der Waals surface area contributed by atoms with Crippen LogP contribution in [-0.4, -0.2) is 47.2 Å². The Bertz CT molecular complexity index is 621. The average molecular weight is 298 g/mol. The van der Waals surface area contributed by atoms with Crippen molar-refractivity contribution in [3.63, 3.8) is 0 Å². The molecule has 0 unspecified atom stereocenters. The van der Waals surface area contributed by atoms with Crippen molar-refractivity contribution in [2.24, 2.45) is 0 Å². The van der Waals surface area contributed by atoms with Crippen molar-refractivity contribution < 1.29 is 0 Å². The summed E-state index contributed by atoms with van der Waals surface area (Å²) in [5, 5.41) is 0. The lowest BCUT2D eigenvalue weighted by atomic mass is 10.1. The highest BCUT2D eigenvalue weighted by Gasteiger charge is 2.20. The molecule has 0 spiro atoms. The Morgan fingerprint density at radius 3 is 2.36 bits per heavy atom. The van der Waals surface area contributed by atoms with Gasteiger partial charge in [-0.1, -0.05) is 18.6 Å². The Labute approximate surface area is 132 Å². The smallest absolute Gasteiger partial charge is 0.206 e. The molecule has 0 bridgehead atoms. The van der Waals surface area contributed by atoms with Crippen LogP contribution in [0, 0.1) is 0 Å². The van der Waals surface area contributed by atoms with Gasteiger partial charge in [0, 0.05) is 26.2 Å². The number of aromatic nitrogens is 2. The van der Waals surface area contributed by atoms with Crippen LogP contribution < -0.4 is 4.90 Å². The molecule has 118 valence electrons. The molecule has 0 aliphatic carbocycles. The van der Waals surface area contributed by atoms with Crippen molar-refractivity contribution in [3.8, 4) is 0 Å². The maximum Gasteiger partial charge on any atom is 0.206 e. The van der Waals surface area contributed by atoms with Crippen LogP contribution in [0.5, 0.6) is 0 Å². The maximum atomic E-state index is 4.93. The van der Waals surface area contributed by atoms with E-state index in [2.05, 4.69) is 38.6 Å². The summed E-state index contributed by atoms with van der Waals surface area (Å²) in [7, 11) is 0. The van der Waals surface area contributed by atoms with Crippen LogP contribution in [0.2, 0.25) is 0 Å². The molecule has 4 nitrogen and oxygen atoms in total. The lowest BCUT2D eigenvalue weighted by Gasteiger charge is -2.27. The molecule has 3 heterocycles. The van der Waals surface area contributed by atoms with Gasteiger partial charge in [-0.05, 0) is 50.9 Å². The van der Waals surface area contributed by atoms with Gasteiger partial charge in [-0.15, -0.1) is 0 Å². The molecule has 4 heteroatoms. The molecule has 4 rings (SSSR count). The summed E-state index contributed by atoms with van der Waals surface area (Å²) in [5.74, 6) is 1.19. The lowest BCUT2D eigenvalue weighted by molar-refractivity contribution is 0.222. The molecule has 0 saturated carbocycles. The Morgan fingerprint density at radius 1 is 0.818 bits per heavy atom. The normalized spacial score (nSPS) is 20.1. The van der Waals surface area contributed by atoms with Gasteiger partial charge in [0.1, 0.15) is 0 Å². The van der Waals surface area contributed by atoms with Crippen LogP contribution in [0.4, 0.5) is 5.95 Å². The molecule has 0 N–H and O–H groups in total. The second-order valence-corrected chi connectivity index (χ2v) is 6.65. The number of anilines is 1. The number of benzene rings is 1. The summed E-state index contributed by atoms with van der Waals surface area (Å²) >= 11 is 0. The van der Waals surface area contributed by atoms with Gasteiger partial charge >= 0.3 is 0 Å². The largest absolute Gasteiger partial charge is 0.342 e. The van der Waals surface area contributed by atoms with Crippen LogP contribution in [-0.2, 0) is 6.54 Å². The Hall–Kier alpha value is -1.55. The molecule has 2 aromatic rings. The Kier molecular flexibility index (Phi) is 4.02. The zero-order valence-electron chi connectivity index (χ0n) is 13.4. The highest BCUT2D eigenvalue weighted by molar-refractivity contribution is 5.78. The third-order valence-electron chi connectivity index (χ3n) is 5.11. The minimum absolute atomic E-state index is 1.06. The van der Waals surface area contributed by atoms with Crippen LogP contribution in [0.1, 0.15) is 32.1 Å². The van der Waals surface area contributed by atoms with E-state index in [1.54, 1.807) is 0 Å². The summed E-state index contributed by atoms with van der Waals surface area (Å²) in [4.78, 5) is 10.0. The fourth-order valence-electron chi connectivity index (χ4n) is 3.87. The molecule has 1 aromatic heterocycles. The number of hydrogen-bond donors (Lipinski definition) is 0. The first-order valence-electron chi connectivity index (χ1n) is 8.84. The number of rotatable bonds is 4. The monoisotopic (exact) mass is 298 g/mol. The van der Waals surface area contributed by atoms with Gasteiger partial charge in [0.15, 0.2) is 0 Å². The van der Waals surface area contributed by atoms with E-state index in [1.807, 2.05) is 0 Å². The van der Waals surface area contributed by atoms with Crippen molar-refractivity contribution in [2.45, 2.75) is 38.6 Å². The highest BCUT2D eigenvalue weighted by atomic mass is 15.3. The van der Waals surface area contributed by atoms with Crippen LogP contribution >= 0.6 is 0 Å². The van der Waals surface area contributed by atoms with E-state index in [4.69, 9.17) is 4.98 Å². The van der Waals surface area contributed by atoms with Crippen LogP contribution in [0.15, 0.2) is 24.3 Å².